The van der Waals surface area contributed by atoms with Gasteiger partial charge in [0, 0.05) is 11.4 Å². The highest BCUT2D eigenvalue weighted by molar-refractivity contribution is 7.98. The summed E-state index contributed by atoms with van der Waals surface area (Å²) in [5.74, 6) is -1.71. The number of likely N-dealkylation sites (N-methyl/N-ethyl adjacent to an activating group) is 1. The van der Waals surface area contributed by atoms with Crippen LogP contribution in [0.2, 0.25) is 0 Å². The molecule has 0 saturated carbocycles. The second-order valence-corrected chi connectivity index (χ2v) is 5.69. The van der Waals surface area contributed by atoms with Gasteiger partial charge in [0.2, 0.25) is 0 Å². The molecule has 5 nitrogen and oxygen atoms in total. The highest BCUT2D eigenvalue weighted by atomic mass is 32.2. The maximum atomic E-state index is 12.8. The van der Waals surface area contributed by atoms with Crippen LogP contribution in [0.1, 0.15) is 17.3 Å². The molecule has 1 aromatic carbocycles. The molecule has 6 heteroatoms. The third-order valence-electron chi connectivity index (χ3n) is 3.71. The minimum atomic E-state index is -0.915. The van der Waals surface area contributed by atoms with Crippen LogP contribution in [0.3, 0.4) is 0 Å². The Hall–Kier alpha value is -1.53. The van der Waals surface area contributed by atoms with E-state index in [2.05, 4.69) is 0 Å². The van der Waals surface area contributed by atoms with Gasteiger partial charge in [-0.05, 0) is 25.3 Å². The van der Waals surface area contributed by atoms with Crippen molar-refractivity contribution in [3.63, 3.8) is 0 Å². The minimum absolute atomic E-state index is 0.135. The maximum absolute atomic E-state index is 12.8. The van der Waals surface area contributed by atoms with Crippen LogP contribution >= 0.6 is 11.8 Å². The van der Waals surface area contributed by atoms with E-state index in [4.69, 9.17) is 4.74 Å². The largest absolute Gasteiger partial charge is 0.481 e. The highest BCUT2D eigenvalue weighted by Gasteiger charge is 2.39. The molecule has 2 atom stereocenters. The lowest BCUT2D eigenvalue weighted by atomic mass is 10.0. The number of aliphatic carboxylic acids is 1. The minimum Gasteiger partial charge on any atom is -0.481 e. The van der Waals surface area contributed by atoms with E-state index in [-0.39, 0.29) is 19.1 Å². The summed E-state index contributed by atoms with van der Waals surface area (Å²) < 4.78 is 5.28. The number of ether oxygens (including phenoxy) is 1. The second kappa shape index (κ2) is 6.95. The Labute approximate surface area is 128 Å². The fraction of sp³-hybridized carbons (Fsp3) is 0.467. The Morgan fingerprint density at radius 1 is 1.38 bits per heavy atom. The summed E-state index contributed by atoms with van der Waals surface area (Å²) >= 11 is 1.51. The first-order chi connectivity index (χ1) is 10.1. The first kappa shape index (κ1) is 15.9. The van der Waals surface area contributed by atoms with Crippen LogP contribution in [0.25, 0.3) is 0 Å². The summed E-state index contributed by atoms with van der Waals surface area (Å²) in [6, 6.07) is 6.97. The summed E-state index contributed by atoms with van der Waals surface area (Å²) in [7, 11) is 0. The number of rotatable bonds is 5. The average Bonchev–Trinajstić information content (AvgIpc) is 2.97. The molecule has 1 saturated heterocycles. The summed E-state index contributed by atoms with van der Waals surface area (Å²) in [5, 5.41) is 9.26. The number of benzene rings is 1. The van der Waals surface area contributed by atoms with Gasteiger partial charge in [-0.1, -0.05) is 12.1 Å². The number of hydrogen-bond acceptors (Lipinski definition) is 4. The summed E-state index contributed by atoms with van der Waals surface area (Å²) in [4.78, 5) is 26.6. The fourth-order valence-corrected chi connectivity index (χ4v) is 3.18. The molecule has 0 aromatic heterocycles. The SMILES string of the molecule is CCN(C(=O)c1ccccc1SC)C1COCC1C(=O)O. The lowest BCUT2D eigenvalue weighted by Crippen LogP contribution is -2.46. The lowest BCUT2D eigenvalue weighted by molar-refractivity contribution is -0.142. The molecule has 2 rings (SSSR count). The number of carboxylic acids is 1. The third kappa shape index (κ3) is 3.22. The smallest absolute Gasteiger partial charge is 0.311 e. The van der Waals surface area contributed by atoms with Gasteiger partial charge in [-0.3, -0.25) is 9.59 Å². The number of thioether (sulfide) groups is 1. The zero-order chi connectivity index (χ0) is 15.4. The molecular formula is C15H19NO4S. The molecule has 1 aliphatic heterocycles. The van der Waals surface area contributed by atoms with Crippen molar-refractivity contribution in [1.29, 1.82) is 0 Å². The second-order valence-electron chi connectivity index (χ2n) is 4.84. The monoisotopic (exact) mass is 309 g/mol. The van der Waals surface area contributed by atoms with E-state index in [1.165, 1.54) is 11.8 Å². The first-order valence-electron chi connectivity index (χ1n) is 6.84. The molecule has 0 bridgehead atoms. The van der Waals surface area contributed by atoms with Crippen LogP contribution in [0, 0.1) is 5.92 Å². The van der Waals surface area contributed by atoms with Crippen LogP contribution < -0.4 is 0 Å². The molecular weight excluding hydrogens is 290 g/mol. The van der Waals surface area contributed by atoms with Gasteiger partial charge in [-0.2, -0.15) is 0 Å². The van der Waals surface area contributed by atoms with Crippen molar-refractivity contribution in [2.24, 2.45) is 5.92 Å². The van der Waals surface area contributed by atoms with Crippen LogP contribution in [0.15, 0.2) is 29.2 Å². The van der Waals surface area contributed by atoms with Crippen molar-refractivity contribution >= 4 is 23.6 Å². The van der Waals surface area contributed by atoms with Gasteiger partial charge in [-0.25, -0.2) is 0 Å². The van der Waals surface area contributed by atoms with Crippen LogP contribution in [-0.2, 0) is 9.53 Å². The van der Waals surface area contributed by atoms with E-state index in [1.807, 2.05) is 31.4 Å². The molecule has 1 heterocycles. The van der Waals surface area contributed by atoms with Gasteiger partial charge in [0.05, 0.1) is 24.8 Å². The van der Waals surface area contributed by atoms with Gasteiger partial charge in [-0.15, -0.1) is 11.8 Å². The average molecular weight is 309 g/mol. The molecule has 21 heavy (non-hydrogen) atoms. The van der Waals surface area contributed by atoms with E-state index >= 15 is 0 Å². The standard InChI is InChI=1S/C15H19NO4S/c1-3-16(12-9-20-8-11(12)15(18)19)14(17)10-6-4-5-7-13(10)21-2/h4-7,11-12H,3,8-9H2,1-2H3,(H,18,19). The zero-order valence-corrected chi connectivity index (χ0v) is 12.9. The molecule has 0 radical (unpaired) electrons. The number of nitrogens with zero attached hydrogens (tertiary/aromatic N) is 1. The Balaban J connectivity index is 2.28. The van der Waals surface area contributed by atoms with Crippen molar-refractivity contribution in [3.05, 3.63) is 29.8 Å². The van der Waals surface area contributed by atoms with Gasteiger partial charge < -0.3 is 14.7 Å². The van der Waals surface area contributed by atoms with Crippen molar-refractivity contribution in [2.45, 2.75) is 17.9 Å². The topological polar surface area (TPSA) is 66.8 Å². The molecule has 1 amide bonds. The van der Waals surface area contributed by atoms with Crippen molar-refractivity contribution in [1.82, 2.24) is 4.90 Å². The van der Waals surface area contributed by atoms with Crippen LogP contribution in [-0.4, -0.2) is 53.9 Å². The summed E-state index contributed by atoms with van der Waals surface area (Å²) in [6.45, 7) is 2.75. The van der Waals surface area contributed by atoms with Crippen LogP contribution in [0.4, 0.5) is 0 Å². The quantitative estimate of drug-likeness (QED) is 0.842. The summed E-state index contributed by atoms with van der Waals surface area (Å²) in [5.41, 5.74) is 0.614. The van der Waals surface area contributed by atoms with Gasteiger partial charge in [0.25, 0.3) is 5.91 Å². The van der Waals surface area contributed by atoms with Gasteiger partial charge in [0.15, 0.2) is 0 Å². The molecule has 2 unspecified atom stereocenters. The van der Waals surface area contributed by atoms with E-state index in [0.717, 1.165) is 4.90 Å². The first-order valence-corrected chi connectivity index (χ1v) is 8.07. The maximum Gasteiger partial charge on any atom is 0.311 e. The molecule has 1 aliphatic rings. The van der Waals surface area contributed by atoms with Gasteiger partial charge >= 0.3 is 5.97 Å². The normalized spacial score (nSPS) is 21.2. The summed E-state index contributed by atoms with van der Waals surface area (Å²) in [6.07, 6.45) is 1.92. The van der Waals surface area contributed by atoms with Crippen molar-refractivity contribution in [3.8, 4) is 0 Å². The third-order valence-corrected chi connectivity index (χ3v) is 4.50. The Morgan fingerprint density at radius 3 is 2.71 bits per heavy atom. The van der Waals surface area contributed by atoms with Crippen LogP contribution in [0.5, 0.6) is 0 Å². The van der Waals surface area contributed by atoms with E-state index in [9.17, 15) is 14.7 Å². The number of hydrogen-bond donors (Lipinski definition) is 1. The van der Waals surface area contributed by atoms with E-state index < -0.39 is 17.9 Å². The molecule has 1 fully saturated rings. The fourth-order valence-electron chi connectivity index (χ4n) is 2.59. The van der Waals surface area contributed by atoms with Gasteiger partial charge in [0.1, 0.15) is 5.92 Å². The lowest BCUT2D eigenvalue weighted by Gasteiger charge is -2.29. The number of carboxylic acid groups (broad SMARTS) is 1. The van der Waals surface area contributed by atoms with E-state index in [1.54, 1.807) is 11.0 Å². The number of amides is 1. The molecule has 114 valence electrons. The predicted octanol–water partition coefficient (Wildman–Crippen LogP) is 1.97. The molecule has 1 aromatic rings. The van der Waals surface area contributed by atoms with Crippen molar-refractivity contribution < 1.29 is 19.4 Å². The number of carbonyl (C=O) groups is 2. The van der Waals surface area contributed by atoms with E-state index in [0.29, 0.717) is 12.1 Å². The predicted molar refractivity (Wildman–Crippen MR) is 80.7 cm³/mol. The Kier molecular flexibility index (Phi) is 5.25. The van der Waals surface area contributed by atoms with Crippen molar-refractivity contribution in [2.75, 3.05) is 26.0 Å². The zero-order valence-electron chi connectivity index (χ0n) is 12.1. The molecule has 0 aliphatic carbocycles. The number of carbonyl (C=O) groups excluding carboxylic acids is 1. The Bertz CT molecular complexity index is 534. The highest BCUT2D eigenvalue weighted by Crippen LogP contribution is 2.26. The Morgan fingerprint density at radius 2 is 2.10 bits per heavy atom. The molecule has 0 spiro atoms. The molecule has 1 N–H and O–H groups in total.